The maximum absolute atomic E-state index is 12.6. The Morgan fingerprint density at radius 1 is 1.03 bits per heavy atom. The van der Waals surface area contributed by atoms with E-state index in [1.807, 2.05) is 51.1 Å². The first-order chi connectivity index (χ1) is 16.4. The number of methoxy groups -OCH3 is 2. The van der Waals surface area contributed by atoms with Gasteiger partial charge in [0, 0.05) is 24.2 Å². The van der Waals surface area contributed by atoms with Gasteiger partial charge in [-0.3, -0.25) is 14.7 Å². The van der Waals surface area contributed by atoms with Crippen LogP contribution in [0.25, 0.3) is 10.9 Å². The van der Waals surface area contributed by atoms with Gasteiger partial charge in [0.1, 0.15) is 0 Å². The molecule has 0 spiro atoms. The lowest BCUT2D eigenvalue weighted by molar-refractivity contribution is -0.119. The van der Waals surface area contributed by atoms with Gasteiger partial charge < -0.3 is 24.5 Å². The van der Waals surface area contributed by atoms with Crippen molar-refractivity contribution in [2.45, 2.75) is 27.2 Å². The summed E-state index contributed by atoms with van der Waals surface area (Å²) in [6.45, 7) is 8.15. The molecule has 2 N–H and O–H groups in total. The van der Waals surface area contributed by atoms with Crippen molar-refractivity contribution in [3.63, 3.8) is 0 Å². The van der Waals surface area contributed by atoms with E-state index < -0.39 is 0 Å². The molecule has 8 nitrogen and oxygen atoms in total. The molecular formula is C26H34N4O4. The fourth-order valence-corrected chi connectivity index (χ4v) is 3.91. The quantitative estimate of drug-likeness (QED) is 0.422. The number of nitrogens with zero attached hydrogens (tertiary/aromatic N) is 3. The standard InChI is InChI=1S/C26H34N4O4/c1-7-20(25-19-14-22(33-5)23(34-6)15-21(19)28-26(25)32)27-17-10-12-18(13-11-17)29(4)24(31)16-30(8-2)9-3/h10-15,28,32H,7-9,16H2,1-6H3. The zero-order valence-electron chi connectivity index (χ0n) is 20.8. The molecule has 8 heteroatoms. The molecule has 0 atom stereocenters. The van der Waals surface area contributed by atoms with E-state index in [-0.39, 0.29) is 11.8 Å². The predicted molar refractivity (Wildman–Crippen MR) is 137 cm³/mol. The third-order valence-corrected chi connectivity index (χ3v) is 6.03. The molecule has 182 valence electrons. The summed E-state index contributed by atoms with van der Waals surface area (Å²) in [5, 5.41) is 11.5. The Kier molecular flexibility index (Phi) is 8.17. The van der Waals surface area contributed by atoms with E-state index in [0.717, 1.165) is 41.1 Å². The summed E-state index contributed by atoms with van der Waals surface area (Å²) < 4.78 is 10.8. The maximum atomic E-state index is 12.6. The van der Waals surface area contributed by atoms with Crippen molar-refractivity contribution in [2.75, 3.05) is 45.8 Å². The maximum Gasteiger partial charge on any atom is 0.240 e. The first-order valence-electron chi connectivity index (χ1n) is 11.5. The minimum atomic E-state index is 0.0438. The highest BCUT2D eigenvalue weighted by molar-refractivity contribution is 6.14. The molecule has 3 aromatic rings. The Morgan fingerprint density at radius 3 is 2.21 bits per heavy atom. The molecule has 0 radical (unpaired) electrons. The molecule has 0 bridgehead atoms. The lowest BCUT2D eigenvalue weighted by Gasteiger charge is -2.23. The van der Waals surface area contributed by atoms with Crippen LogP contribution in [-0.4, -0.2) is 67.5 Å². The monoisotopic (exact) mass is 466 g/mol. The van der Waals surface area contributed by atoms with Gasteiger partial charge in [-0.2, -0.15) is 0 Å². The molecule has 0 saturated carbocycles. The molecule has 0 aliphatic heterocycles. The number of rotatable bonds is 10. The molecule has 34 heavy (non-hydrogen) atoms. The smallest absolute Gasteiger partial charge is 0.240 e. The van der Waals surface area contributed by atoms with Crippen molar-refractivity contribution in [1.29, 1.82) is 0 Å². The molecule has 0 fully saturated rings. The number of ether oxygens (including phenoxy) is 2. The van der Waals surface area contributed by atoms with Gasteiger partial charge in [-0.1, -0.05) is 20.8 Å². The van der Waals surface area contributed by atoms with Gasteiger partial charge in [0.15, 0.2) is 17.4 Å². The van der Waals surface area contributed by atoms with Crippen molar-refractivity contribution in [1.82, 2.24) is 9.88 Å². The lowest BCUT2D eigenvalue weighted by atomic mass is 10.1. The SMILES string of the molecule is CCC(=Nc1ccc(N(C)C(=O)CN(CC)CC)cc1)c1c(O)[nH]c2cc(OC)c(OC)cc12. The average Bonchev–Trinajstić information content (AvgIpc) is 3.18. The Morgan fingerprint density at radius 2 is 1.65 bits per heavy atom. The van der Waals surface area contributed by atoms with Crippen molar-refractivity contribution < 1.29 is 19.4 Å². The second-order valence-electron chi connectivity index (χ2n) is 7.94. The van der Waals surface area contributed by atoms with Crippen LogP contribution in [0.2, 0.25) is 0 Å². The zero-order valence-corrected chi connectivity index (χ0v) is 20.8. The number of carbonyl (C=O) groups excluding carboxylic acids is 1. The van der Waals surface area contributed by atoms with Crippen LogP contribution in [0.1, 0.15) is 32.8 Å². The van der Waals surface area contributed by atoms with E-state index in [9.17, 15) is 9.90 Å². The summed E-state index contributed by atoms with van der Waals surface area (Å²) in [7, 11) is 4.94. The van der Waals surface area contributed by atoms with Crippen molar-refractivity contribution in [2.24, 2.45) is 4.99 Å². The third kappa shape index (κ3) is 5.17. The van der Waals surface area contributed by atoms with Crippen molar-refractivity contribution in [3.8, 4) is 17.4 Å². The van der Waals surface area contributed by atoms with Gasteiger partial charge in [0.05, 0.1) is 43.2 Å². The van der Waals surface area contributed by atoms with Crippen molar-refractivity contribution in [3.05, 3.63) is 42.0 Å². The van der Waals surface area contributed by atoms with Crippen LogP contribution in [0, 0.1) is 0 Å². The highest BCUT2D eigenvalue weighted by Crippen LogP contribution is 2.37. The van der Waals surface area contributed by atoms with Crippen LogP contribution >= 0.6 is 0 Å². The number of nitrogens with one attached hydrogen (secondary N) is 1. The number of aromatic amines is 1. The molecular weight excluding hydrogens is 432 g/mol. The van der Waals surface area contributed by atoms with E-state index in [0.29, 0.717) is 30.0 Å². The van der Waals surface area contributed by atoms with Crippen LogP contribution in [0.15, 0.2) is 41.4 Å². The number of carbonyl (C=O) groups is 1. The van der Waals surface area contributed by atoms with Gasteiger partial charge in [0.2, 0.25) is 5.91 Å². The molecule has 3 rings (SSSR count). The van der Waals surface area contributed by atoms with E-state index in [1.165, 1.54) is 0 Å². The van der Waals surface area contributed by atoms with Gasteiger partial charge in [0.25, 0.3) is 0 Å². The number of fused-ring (bicyclic) bond motifs is 1. The number of aromatic nitrogens is 1. The number of benzene rings is 2. The Bertz CT molecular complexity index is 1160. The van der Waals surface area contributed by atoms with Crippen LogP contribution in [0.3, 0.4) is 0 Å². The van der Waals surface area contributed by atoms with E-state index in [4.69, 9.17) is 14.5 Å². The zero-order chi connectivity index (χ0) is 24.8. The number of hydrogen-bond donors (Lipinski definition) is 2. The molecule has 0 unspecified atom stereocenters. The third-order valence-electron chi connectivity index (χ3n) is 6.03. The van der Waals surface area contributed by atoms with Crippen molar-refractivity contribution >= 4 is 33.9 Å². The number of anilines is 1. The highest BCUT2D eigenvalue weighted by atomic mass is 16.5. The number of aliphatic imine (C=N–C) groups is 1. The number of aromatic hydroxyl groups is 1. The van der Waals surface area contributed by atoms with Gasteiger partial charge >= 0.3 is 0 Å². The van der Waals surface area contributed by atoms with Gasteiger partial charge in [-0.15, -0.1) is 0 Å². The largest absolute Gasteiger partial charge is 0.494 e. The Hall–Kier alpha value is -3.52. The molecule has 0 aliphatic carbocycles. The minimum absolute atomic E-state index is 0.0438. The number of likely N-dealkylation sites (N-methyl/N-ethyl adjacent to an activating group) is 2. The topological polar surface area (TPSA) is 90.4 Å². The van der Waals surface area contributed by atoms with Crippen LogP contribution < -0.4 is 14.4 Å². The summed E-state index contributed by atoms with van der Waals surface area (Å²) in [6, 6.07) is 11.2. The van der Waals surface area contributed by atoms with Gasteiger partial charge in [-0.25, -0.2) is 0 Å². The van der Waals surface area contributed by atoms with Crippen LogP contribution in [-0.2, 0) is 4.79 Å². The molecule has 0 saturated heterocycles. The summed E-state index contributed by atoms with van der Waals surface area (Å²) in [6.07, 6.45) is 0.610. The van der Waals surface area contributed by atoms with E-state index >= 15 is 0 Å². The molecule has 1 amide bonds. The van der Waals surface area contributed by atoms with E-state index in [1.54, 1.807) is 32.2 Å². The molecule has 0 aliphatic rings. The first kappa shape index (κ1) is 25.1. The van der Waals surface area contributed by atoms with Crippen LogP contribution in [0.5, 0.6) is 17.4 Å². The van der Waals surface area contributed by atoms with Crippen LogP contribution in [0.4, 0.5) is 11.4 Å². The fourth-order valence-electron chi connectivity index (χ4n) is 3.91. The minimum Gasteiger partial charge on any atom is -0.494 e. The second-order valence-corrected chi connectivity index (χ2v) is 7.94. The predicted octanol–water partition coefficient (Wildman–Crippen LogP) is 4.73. The molecule has 2 aromatic carbocycles. The lowest BCUT2D eigenvalue weighted by Crippen LogP contribution is -2.38. The second kappa shape index (κ2) is 11.1. The number of amides is 1. The van der Waals surface area contributed by atoms with Gasteiger partial charge in [-0.05, 0) is 49.8 Å². The summed E-state index contributed by atoms with van der Waals surface area (Å²) in [5.74, 6) is 1.24. The summed E-state index contributed by atoms with van der Waals surface area (Å²) in [4.78, 5) is 24.2. The number of H-pyrrole nitrogens is 1. The first-order valence-corrected chi connectivity index (χ1v) is 11.5. The Balaban J connectivity index is 1.91. The summed E-state index contributed by atoms with van der Waals surface area (Å²) in [5.41, 5.74) is 3.64. The normalized spacial score (nSPS) is 11.8. The van der Waals surface area contributed by atoms with E-state index in [2.05, 4.69) is 9.88 Å². The average molecular weight is 467 g/mol. The molecule has 1 heterocycles. The number of hydrogen-bond acceptors (Lipinski definition) is 6. The summed E-state index contributed by atoms with van der Waals surface area (Å²) >= 11 is 0. The highest BCUT2D eigenvalue weighted by Gasteiger charge is 2.19. The Labute approximate surface area is 200 Å². The fraction of sp³-hybridized carbons (Fsp3) is 0.385. The molecule has 1 aromatic heterocycles.